The van der Waals surface area contributed by atoms with E-state index >= 15 is 0 Å². The monoisotopic (exact) mass is 1090 g/mol. The van der Waals surface area contributed by atoms with E-state index in [1.807, 2.05) is 0 Å². The molecule has 3 unspecified atom stereocenters. The van der Waals surface area contributed by atoms with Crippen LogP contribution in [0.4, 0.5) is 0 Å². The first-order chi connectivity index (χ1) is 37.2. The molecule has 438 valence electrons. The standard InChI is InChI=1S/C64H111O11P/c1-4-7-10-13-16-19-22-25-27-29-30-32-34-37-40-43-46-49-52-55-64(68)75-61(57-71-62(66)53-50-47-44-41-38-35-24-21-18-15-12-9-6-3)59-73-76(69,70)72-58-60(56-65)74-63(67)54-51-48-45-42-39-36-33-31-28-26-23-20-17-14-11-8-5-2/h9,12,16-21,25-28,35,38,60-61,65H,4-8,10-11,13-15,22-24,29-34,36-37,39-59H2,1-3H3,(H,69,70)/b12-9-,19-16-,20-17-,21-18-,27-25-,28-26-,38-35-. The molecule has 0 amide bonds. The van der Waals surface area contributed by atoms with Crippen molar-refractivity contribution in [1.82, 2.24) is 0 Å². The largest absolute Gasteiger partial charge is 0.472 e. The van der Waals surface area contributed by atoms with Gasteiger partial charge in [0.1, 0.15) is 12.7 Å². The number of unbranched alkanes of at least 4 members (excludes halogenated alkanes) is 25. The van der Waals surface area contributed by atoms with E-state index in [1.54, 1.807) is 0 Å². The van der Waals surface area contributed by atoms with Gasteiger partial charge in [-0.05, 0) is 116 Å². The summed E-state index contributed by atoms with van der Waals surface area (Å²) in [4.78, 5) is 48.6. The minimum atomic E-state index is -4.76. The fourth-order valence-electron chi connectivity index (χ4n) is 8.14. The molecule has 0 radical (unpaired) electrons. The molecule has 12 heteroatoms. The van der Waals surface area contributed by atoms with Gasteiger partial charge >= 0.3 is 25.7 Å². The van der Waals surface area contributed by atoms with Crippen molar-refractivity contribution >= 4 is 25.7 Å². The number of carbonyl (C=O) groups is 3. The highest BCUT2D eigenvalue weighted by molar-refractivity contribution is 7.47. The summed E-state index contributed by atoms with van der Waals surface area (Å²) < 4.78 is 39.6. The highest BCUT2D eigenvalue weighted by Crippen LogP contribution is 2.43. The first-order valence-electron chi connectivity index (χ1n) is 30.5. The Balaban J connectivity index is 4.71. The van der Waals surface area contributed by atoms with Gasteiger partial charge in [0.2, 0.25) is 0 Å². The molecule has 0 aliphatic heterocycles. The van der Waals surface area contributed by atoms with Crippen molar-refractivity contribution in [3.05, 3.63) is 85.1 Å². The van der Waals surface area contributed by atoms with Crippen molar-refractivity contribution in [3.8, 4) is 0 Å². The normalized spacial score (nSPS) is 13.9. The van der Waals surface area contributed by atoms with Gasteiger partial charge in [0.05, 0.1) is 19.8 Å². The van der Waals surface area contributed by atoms with Gasteiger partial charge in [-0.25, -0.2) is 4.57 Å². The zero-order valence-electron chi connectivity index (χ0n) is 48.5. The number of aliphatic hydroxyl groups excluding tert-OH is 1. The first-order valence-corrected chi connectivity index (χ1v) is 32.0. The summed E-state index contributed by atoms with van der Waals surface area (Å²) in [6, 6.07) is 0. The van der Waals surface area contributed by atoms with Crippen molar-refractivity contribution < 1.29 is 52.2 Å². The average molecular weight is 1090 g/mol. The van der Waals surface area contributed by atoms with Crippen molar-refractivity contribution in [2.24, 2.45) is 0 Å². The van der Waals surface area contributed by atoms with Gasteiger partial charge in [-0.3, -0.25) is 23.4 Å². The smallest absolute Gasteiger partial charge is 0.462 e. The quantitative estimate of drug-likeness (QED) is 0.0197. The number of rotatable bonds is 56. The molecule has 0 rings (SSSR count). The highest BCUT2D eigenvalue weighted by Gasteiger charge is 2.28. The van der Waals surface area contributed by atoms with Gasteiger partial charge in [-0.15, -0.1) is 0 Å². The van der Waals surface area contributed by atoms with E-state index in [1.165, 1.54) is 96.3 Å². The minimum Gasteiger partial charge on any atom is -0.462 e. The van der Waals surface area contributed by atoms with E-state index < -0.39 is 57.8 Å². The lowest BCUT2D eigenvalue weighted by molar-refractivity contribution is -0.161. The Hall–Kier alpha value is -3.34. The lowest BCUT2D eigenvalue weighted by Gasteiger charge is -2.21. The van der Waals surface area contributed by atoms with Gasteiger partial charge < -0.3 is 24.2 Å². The Morgan fingerprint density at radius 1 is 0.382 bits per heavy atom. The molecule has 0 aromatic rings. The van der Waals surface area contributed by atoms with Crippen molar-refractivity contribution in [1.29, 1.82) is 0 Å². The maximum absolute atomic E-state index is 12.9. The Kier molecular flexibility index (Phi) is 55.3. The molecule has 0 aromatic heterocycles. The van der Waals surface area contributed by atoms with E-state index in [4.69, 9.17) is 23.3 Å². The van der Waals surface area contributed by atoms with Crippen LogP contribution in [-0.4, -0.2) is 66.5 Å². The molecular weight excluding hydrogens is 976 g/mol. The molecule has 11 nitrogen and oxygen atoms in total. The number of ether oxygens (including phenoxy) is 3. The molecule has 2 N–H and O–H groups in total. The number of aliphatic hydroxyl groups is 1. The third kappa shape index (κ3) is 55.4. The van der Waals surface area contributed by atoms with Crippen LogP contribution in [0.3, 0.4) is 0 Å². The second kappa shape index (κ2) is 57.8. The molecule has 0 aliphatic carbocycles. The Morgan fingerprint density at radius 3 is 1.07 bits per heavy atom. The number of allylic oxidation sites excluding steroid dienone is 14. The Morgan fingerprint density at radius 2 is 0.684 bits per heavy atom. The summed E-state index contributed by atoms with van der Waals surface area (Å²) in [6.07, 6.45) is 66.8. The molecule has 0 heterocycles. The lowest BCUT2D eigenvalue weighted by atomic mass is 10.1. The molecule has 0 fully saturated rings. The summed E-state index contributed by atoms with van der Waals surface area (Å²) in [5.74, 6) is -1.51. The number of hydrogen-bond acceptors (Lipinski definition) is 10. The Labute approximate surface area is 464 Å². The zero-order valence-corrected chi connectivity index (χ0v) is 49.3. The van der Waals surface area contributed by atoms with Gasteiger partial charge in [0.15, 0.2) is 6.10 Å². The SMILES string of the molecule is CC/C=C\C/C=C\C/C=C\CCCCCC(=O)OCC(COP(=O)(O)OCC(CO)OC(=O)CCCCCCCCC/C=C\C/C=C\CCCCC)OC(=O)CCCCCCCCCCC/C=C\C/C=C\CCCCC. The predicted octanol–water partition coefficient (Wildman–Crippen LogP) is 18.3. The number of phosphoric ester groups is 1. The fraction of sp³-hybridized carbons (Fsp3) is 0.734. The van der Waals surface area contributed by atoms with E-state index in [0.29, 0.717) is 19.3 Å². The molecule has 0 saturated heterocycles. The van der Waals surface area contributed by atoms with E-state index in [9.17, 15) is 28.9 Å². The highest BCUT2D eigenvalue weighted by atomic mass is 31.2. The van der Waals surface area contributed by atoms with Gasteiger partial charge in [0, 0.05) is 19.3 Å². The second-order valence-electron chi connectivity index (χ2n) is 20.1. The summed E-state index contributed by atoms with van der Waals surface area (Å²) in [7, 11) is -4.76. The van der Waals surface area contributed by atoms with Crippen LogP contribution in [-0.2, 0) is 42.2 Å². The molecule has 0 bridgehead atoms. The molecule has 76 heavy (non-hydrogen) atoms. The van der Waals surface area contributed by atoms with Crippen LogP contribution in [0.15, 0.2) is 85.1 Å². The Bertz CT molecular complexity index is 1600. The molecule has 0 aliphatic rings. The van der Waals surface area contributed by atoms with E-state index in [0.717, 1.165) is 109 Å². The van der Waals surface area contributed by atoms with E-state index in [-0.39, 0.29) is 25.9 Å². The fourth-order valence-corrected chi connectivity index (χ4v) is 8.92. The van der Waals surface area contributed by atoms with Crippen molar-refractivity contribution in [2.45, 2.75) is 277 Å². The number of carbonyl (C=O) groups excluding carboxylic acids is 3. The summed E-state index contributed by atoms with van der Waals surface area (Å²) in [5.41, 5.74) is 0. The molecule has 0 saturated carbocycles. The lowest BCUT2D eigenvalue weighted by Crippen LogP contribution is -2.30. The topological polar surface area (TPSA) is 155 Å². The number of hydrogen-bond donors (Lipinski definition) is 2. The molecule has 0 aromatic carbocycles. The molecule has 0 spiro atoms. The maximum Gasteiger partial charge on any atom is 0.472 e. The molecular formula is C64H111O11P. The average Bonchev–Trinajstić information content (AvgIpc) is 3.41. The zero-order chi connectivity index (χ0) is 55.5. The van der Waals surface area contributed by atoms with Crippen LogP contribution in [0.2, 0.25) is 0 Å². The second-order valence-corrected chi connectivity index (χ2v) is 21.6. The van der Waals surface area contributed by atoms with Crippen molar-refractivity contribution in [3.63, 3.8) is 0 Å². The van der Waals surface area contributed by atoms with E-state index in [2.05, 4.69) is 106 Å². The minimum absolute atomic E-state index is 0.153. The predicted molar refractivity (Wildman–Crippen MR) is 316 cm³/mol. The molecule has 3 atom stereocenters. The number of esters is 3. The van der Waals surface area contributed by atoms with Gasteiger partial charge in [0.25, 0.3) is 0 Å². The van der Waals surface area contributed by atoms with Crippen LogP contribution in [0.1, 0.15) is 265 Å². The van der Waals surface area contributed by atoms with Gasteiger partial charge in [-0.2, -0.15) is 0 Å². The summed E-state index contributed by atoms with van der Waals surface area (Å²) in [6.45, 7) is 4.45. The van der Waals surface area contributed by atoms with Crippen molar-refractivity contribution in [2.75, 3.05) is 26.4 Å². The third-order valence-electron chi connectivity index (χ3n) is 12.8. The summed E-state index contributed by atoms with van der Waals surface area (Å²) >= 11 is 0. The van der Waals surface area contributed by atoms with Gasteiger partial charge in [-0.1, -0.05) is 215 Å². The van der Waals surface area contributed by atoms with Crippen LogP contribution in [0.25, 0.3) is 0 Å². The van der Waals surface area contributed by atoms with Crippen LogP contribution in [0, 0.1) is 0 Å². The van der Waals surface area contributed by atoms with Crippen LogP contribution in [0.5, 0.6) is 0 Å². The maximum atomic E-state index is 12.9. The first kappa shape index (κ1) is 72.7. The summed E-state index contributed by atoms with van der Waals surface area (Å²) in [5, 5.41) is 9.84. The number of phosphoric acid groups is 1. The van der Waals surface area contributed by atoms with Crippen LogP contribution < -0.4 is 0 Å². The van der Waals surface area contributed by atoms with Crippen LogP contribution >= 0.6 is 7.82 Å². The third-order valence-corrected chi connectivity index (χ3v) is 13.7.